The van der Waals surface area contributed by atoms with Gasteiger partial charge in [0.1, 0.15) is 36.9 Å². The lowest BCUT2D eigenvalue weighted by Crippen LogP contribution is -2.28. The molecule has 3 aliphatic rings. The number of hydrogen-bond acceptors (Lipinski definition) is 8. The molecule has 2 unspecified atom stereocenters. The molecule has 8 heteroatoms. The Hall–Kier alpha value is -4.80. The average Bonchev–Trinajstić information content (AvgIpc) is 4.18. The highest BCUT2D eigenvalue weighted by Crippen LogP contribution is 2.56. The van der Waals surface area contributed by atoms with Crippen molar-refractivity contribution in [2.45, 2.75) is 17.6 Å². The fourth-order valence-electron chi connectivity index (χ4n) is 7.75. The van der Waals surface area contributed by atoms with Crippen LogP contribution in [-0.2, 0) is 33.8 Å². The molecule has 55 heavy (non-hydrogen) atoms. The topological polar surface area (TPSA) is 80.4 Å². The Morgan fingerprint density at radius 2 is 0.836 bits per heavy atom. The van der Waals surface area contributed by atoms with Gasteiger partial charge in [-0.05, 0) is 91.3 Å². The Balaban J connectivity index is 0.945. The quantitative estimate of drug-likeness (QED) is 0.0576. The number of fused-ring (bicyclic) bond motifs is 5. The second-order valence-corrected chi connectivity index (χ2v) is 14.3. The van der Waals surface area contributed by atoms with Crippen LogP contribution in [0.5, 0.6) is 11.5 Å². The van der Waals surface area contributed by atoms with E-state index in [1.165, 1.54) is 33.4 Å². The van der Waals surface area contributed by atoms with E-state index in [-0.39, 0.29) is 12.2 Å². The predicted molar refractivity (Wildman–Crippen MR) is 213 cm³/mol. The van der Waals surface area contributed by atoms with E-state index in [1.54, 1.807) is 0 Å². The second-order valence-electron chi connectivity index (χ2n) is 14.3. The van der Waals surface area contributed by atoms with E-state index in [2.05, 4.69) is 121 Å². The highest BCUT2D eigenvalue weighted by atomic mass is 16.6. The van der Waals surface area contributed by atoms with E-state index in [9.17, 15) is 0 Å². The molecular weight excluding hydrogens is 693 g/mol. The molecule has 2 fully saturated rings. The maximum absolute atomic E-state index is 6.07. The van der Waals surface area contributed by atoms with Crippen molar-refractivity contribution in [3.63, 3.8) is 0 Å². The molecule has 0 radical (unpaired) electrons. The Labute approximate surface area is 321 Å². The van der Waals surface area contributed by atoms with Crippen molar-refractivity contribution in [1.29, 1.82) is 0 Å². The van der Waals surface area contributed by atoms with Crippen LogP contribution in [0.2, 0.25) is 0 Å². The summed E-state index contributed by atoms with van der Waals surface area (Å²) in [4.78, 5) is 0. The highest BCUT2D eigenvalue weighted by molar-refractivity contribution is 5.92. The van der Waals surface area contributed by atoms with E-state index < -0.39 is 5.41 Å². The molecule has 0 aromatic heterocycles. The minimum absolute atomic E-state index is 0.276. The fourth-order valence-corrected chi connectivity index (χ4v) is 7.75. The molecule has 6 aromatic rings. The van der Waals surface area contributed by atoms with Gasteiger partial charge >= 0.3 is 0 Å². The van der Waals surface area contributed by atoms with Crippen LogP contribution >= 0.6 is 0 Å². The summed E-state index contributed by atoms with van der Waals surface area (Å²) < 4.78 is 44.9. The Morgan fingerprint density at radius 1 is 0.436 bits per heavy atom. The molecule has 6 aromatic carbocycles. The molecule has 2 saturated heterocycles. The number of hydrogen-bond donors (Lipinski definition) is 0. The van der Waals surface area contributed by atoms with E-state index in [4.69, 9.17) is 37.9 Å². The smallest absolute Gasteiger partial charge is 0.120 e. The standard InChI is InChI=1S/C47H46O8/c1-3-7-45-43(5-1)44-6-2-4-8-46(44)47(45,37-13-9-35-27-39(15-11-33(35)25-37)52-23-21-48-17-19-50-29-41-31-54-41)38-14-10-36-28-40(16-12-34(36)26-38)53-24-22-49-18-20-51-30-42-32-55-42/h1-16,25-28,41-42H,17-24,29-32H2. The molecule has 2 heterocycles. The van der Waals surface area contributed by atoms with Crippen LogP contribution in [-0.4, -0.2) is 91.5 Å². The first-order valence-corrected chi connectivity index (χ1v) is 19.3. The maximum atomic E-state index is 6.07. The maximum Gasteiger partial charge on any atom is 0.120 e. The molecule has 0 bridgehead atoms. The number of benzene rings is 6. The summed E-state index contributed by atoms with van der Waals surface area (Å²) in [5.74, 6) is 1.65. The van der Waals surface area contributed by atoms with Gasteiger partial charge in [0.15, 0.2) is 0 Å². The zero-order valence-corrected chi connectivity index (χ0v) is 31.0. The Bertz CT molecular complexity index is 2080. The first-order valence-electron chi connectivity index (χ1n) is 19.3. The van der Waals surface area contributed by atoms with Gasteiger partial charge in [0.2, 0.25) is 0 Å². The van der Waals surface area contributed by atoms with Gasteiger partial charge in [0.25, 0.3) is 0 Å². The summed E-state index contributed by atoms with van der Waals surface area (Å²) in [6, 6.07) is 44.1. The van der Waals surface area contributed by atoms with Crippen LogP contribution < -0.4 is 9.47 Å². The molecule has 0 spiro atoms. The van der Waals surface area contributed by atoms with Crippen molar-refractivity contribution in [2.24, 2.45) is 0 Å². The van der Waals surface area contributed by atoms with Crippen molar-refractivity contribution in [1.82, 2.24) is 0 Å². The zero-order valence-electron chi connectivity index (χ0n) is 31.0. The molecule has 2 atom stereocenters. The van der Waals surface area contributed by atoms with Gasteiger partial charge < -0.3 is 37.9 Å². The third-order valence-electron chi connectivity index (χ3n) is 10.6. The van der Waals surface area contributed by atoms with Crippen LogP contribution in [0, 0.1) is 0 Å². The first-order chi connectivity index (χ1) is 27.3. The molecule has 0 saturated carbocycles. The van der Waals surface area contributed by atoms with E-state index >= 15 is 0 Å². The Kier molecular flexibility index (Phi) is 10.8. The summed E-state index contributed by atoms with van der Waals surface area (Å²) in [7, 11) is 0. The monoisotopic (exact) mass is 738 g/mol. The molecule has 2 aliphatic heterocycles. The molecule has 0 amide bonds. The van der Waals surface area contributed by atoms with E-state index in [0.29, 0.717) is 66.1 Å². The van der Waals surface area contributed by atoms with Crippen LogP contribution in [0.3, 0.4) is 0 Å². The van der Waals surface area contributed by atoms with Crippen LogP contribution in [0.1, 0.15) is 22.3 Å². The summed E-state index contributed by atoms with van der Waals surface area (Å²) in [5.41, 5.74) is 7.03. The van der Waals surface area contributed by atoms with Crippen LogP contribution in [0.15, 0.2) is 121 Å². The van der Waals surface area contributed by atoms with Gasteiger partial charge in [-0.1, -0.05) is 84.9 Å². The summed E-state index contributed by atoms with van der Waals surface area (Å²) in [6.45, 7) is 7.07. The fraction of sp³-hybridized carbons (Fsp3) is 0.319. The number of rotatable bonds is 20. The van der Waals surface area contributed by atoms with Crippen LogP contribution in [0.4, 0.5) is 0 Å². The third kappa shape index (κ3) is 7.98. The van der Waals surface area contributed by atoms with Crippen molar-refractivity contribution < 1.29 is 37.9 Å². The lowest BCUT2D eigenvalue weighted by atomic mass is 9.67. The van der Waals surface area contributed by atoms with Crippen molar-refractivity contribution >= 4 is 21.5 Å². The number of epoxide rings is 2. The van der Waals surface area contributed by atoms with Gasteiger partial charge in [-0.25, -0.2) is 0 Å². The molecule has 282 valence electrons. The van der Waals surface area contributed by atoms with Crippen molar-refractivity contribution in [3.05, 3.63) is 144 Å². The second kappa shape index (κ2) is 16.5. The lowest BCUT2D eigenvalue weighted by molar-refractivity contribution is 0.0317. The van der Waals surface area contributed by atoms with Gasteiger partial charge in [-0.3, -0.25) is 0 Å². The zero-order chi connectivity index (χ0) is 36.9. The summed E-state index contributed by atoms with van der Waals surface area (Å²) >= 11 is 0. The lowest BCUT2D eigenvalue weighted by Gasteiger charge is -2.34. The van der Waals surface area contributed by atoms with E-state index in [1.807, 2.05) is 0 Å². The Morgan fingerprint density at radius 3 is 1.31 bits per heavy atom. The molecular formula is C47H46O8. The normalized spacial score (nSPS) is 17.6. The SMILES string of the molecule is c1ccc2c(c1)-c1ccccc1C2(c1ccc2cc(OCCOCCOCC3CO3)ccc2c1)c1ccc2cc(OCCOCCOCC3CO3)ccc2c1. The largest absolute Gasteiger partial charge is 0.491 e. The van der Waals surface area contributed by atoms with Gasteiger partial charge in [-0.15, -0.1) is 0 Å². The average molecular weight is 739 g/mol. The number of ether oxygens (including phenoxy) is 8. The van der Waals surface area contributed by atoms with Gasteiger partial charge in [0.05, 0.1) is 71.5 Å². The highest BCUT2D eigenvalue weighted by Gasteiger charge is 2.46. The summed E-state index contributed by atoms with van der Waals surface area (Å²) in [6.07, 6.45) is 0.551. The minimum Gasteiger partial charge on any atom is -0.491 e. The van der Waals surface area contributed by atoms with Crippen molar-refractivity contribution in [3.8, 4) is 22.6 Å². The van der Waals surface area contributed by atoms with Gasteiger partial charge in [0, 0.05) is 0 Å². The minimum atomic E-state index is -0.515. The molecule has 1 aliphatic carbocycles. The van der Waals surface area contributed by atoms with E-state index in [0.717, 1.165) is 46.3 Å². The predicted octanol–water partition coefficient (Wildman–Crippen LogP) is 7.98. The summed E-state index contributed by atoms with van der Waals surface area (Å²) in [5, 5.41) is 4.57. The molecule has 8 nitrogen and oxygen atoms in total. The molecule has 0 N–H and O–H groups in total. The van der Waals surface area contributed by atoms with Crippen molar-refractivity contribution in [2.75, 3.05) is 79.3 Å². The van der Waals surface area contributed by atoms with Gasteiger partial charge in [-0.2, -0.15) is 0 Å². The molecule has 9 rings (SSSR count). The third-order valence-corrected chi connectivity index (χ3v) is 10.6. The van der Waals surface area contributed by atoms with Crippen LogP contribution in [0.25, 0.3) is 32.7 Å². The first kappa shape index (κ1) is 35.9.